The van der Waals surface area contributed by atoms with Crippen LogP contribution in [0.15, 0.2) is 0 Å². The summed E-state index contributed by atoms with van der Waals surface area (Å²) in [7, 11) is 1.65. The van der Waals surface area contributed by atoms with Gasteiger partial charge in [0.15, 0.2) is 0 Å². The van der Waals surface area contributed by atoms with E-state index in [1.807, 2.05) is 0 Å². The van der Waals surface area contributed by atoms with E-state index >= 15 is 0 Å². The Hall–Kier alpha value is -0.450. The second-order valence-electron chi connectivity index (χ2n) is 4.30. The van der Waals surface area contributed by atoms with Crippen molar-refractivity contribution in [1.82, 2.24) is 0 Å². The number of carbonyl (C=O) groups excluding carboxylic acids is 1. The normalized spacial score (nSPS) is 17.4. The first kappa shape index (κ1) is 13.6. The van der Waals surface area contributed by atoms with Crippen molar-refractivity contribution in [2.45, 2.75) is 26.2 Å². The van der Waals surface area contributed by atoms with E-state index in [1.54, 1.807) is 14.0 Å². The maximum atomic E-state index is 11.3. The third kappa shape index (κ3) is 4.60. The van der Waals surface area contributed by atoms with Crippen molar-refractivity contribution in [1.29, 1.82) is 0 Å². The maximum Gasteiger partial charge on any atom is 0.136 e. The van der Waals surface area contributed by atoms with Gasteiger partial charge in [0.25, 0.3) is 0 Å². The fraction of sp³-hybridized carbons (Fsp3) is 0.917. The molecule has 0 heterocycles. The van der Waals surface area contributed by atoms with Gasteiger partial charge >= 0.3 is 0 Å². The molecule has 0 aromatic heterocycles. The van der Waals surface area contributed by atoms with Gasteiger partial charge in [0.05, 0.1) is 26.4 Å². The molecule has 4 heteroatoms. The Labute approximate surface area is 97.2 Å². The highest BCUT2D eigenvalue weighted by atomic mass is 16.5. The van der Waals surface area contributed by atoms with Crippen molar-refractivity contribution in [2.75, 3.05) is 40.1 Å². The zero-order chi connectivity index (χ0) is 11.9. The predicted octanol–water partition coefficient (Wildman–Crippen LogP) is 1.43. The van der Waals surface area contributed by atoms with E-state index in [-0.39, 0.29) is 5.41 Å². The zero-order valence-electron chi connectivity index (χ0n) is 10.3. The van der Waals surface area contributed by atoms with Crippen LogP contribution in [0.3, 0.4) is 0 Å². The van der Waals surface area contributed by atoms with E-state index in [0.29, 0.717) is 38.8 Å². The number of hydrogen-bond donors (Lipinski definition) is 0. The van der Waals surface area contributed by atoms with Gasteiger partial charge in [-0.05, 0) is 26.2 Å². The van der Waals surface area contributed by atoms with E-state index in [4.69, 9.17) is 14.2 Å². The van der Waals surface area contributed by atoms with Gasteiger partial charge in [-0.1, -0.05) is 0 Å². The molecule has 0 radical (unpaired) electrons. The number of carbonyl (C=O) groups is 1. The zero-order valence-corrected chi connectivity index (χ0v) is 10.3. The summed E-state index contributed by atoms with van der Waals surface area (Å²) in [5, 5.41) is 0. The lowest BCUT2D eigenvalue weighted by molar-refractivity contribution is -0.122. The van der Waals surface area contributed by atoms with Crippen molar-refractivity contribution < 1.29 is 19.0 Å². The molecule has 1 saturated carbocycles. The van der Waals surface area contributed by atoms with Gasteiger partial charge in [0.2, 0.25) is 0 Å². The van der Waals surface area contributed by atoms with Crippen molar-refractivity contribution in [3.8, 4) is 0 Å². The summed E-state index contributed by atoms with van der Waals surface area (Å²) in [6, 6.07) is 0. The molecule has 1 aliphatic rings. The second-order valence-corrected chi connectivity index (χ2v) is 4.30. The average Bonchev–Trinajstić information content (AvgIpc) is 3.03. The average molecular weight is 230 g/mol. The lowest BCUT2D eigenvalue weighted by atomic mass is 9.99. The Kier molecular flexibility index (Phi) is 5.95. The van der Waals surface area contributed by atoms with Gasteiger partial charge in [-0.15, -0.1) is 0 Å². The summed E-state index contributed by atoms with van der Waals surface area (Å²) < 4.78 is 15.5. The molecule has 1 aliphatic carbocycles. The van der Waals surface area contributed by atoms with Crippen molar-refractivity contribution in [2.24, 2.45) is 5.41 Å². The third-order valence-electron chi connectivity index (χ3n) is 3.13. The van der Waals surface area contributed by atoms with Gasteiger partial charge in [0.1, 0.15) is 5.78 Å². The van der Waals surface area contributed by atoms with E-state index < -0.39 is 0 Å². The molecule has 0 spiro atoms. The molecule has 0 saturated heterocycles. The van der Waals surface area contributed by atoms with E-state index in [0.717, 1.165) is 19.3 Å². The third-order valence-corrected chi connectivity index (χ3v) is 3.13. The van der Waals surface area contributed by atoms with Crippen molar-refractivity contribution in [3.63, 3.8) is 0 Å². The van der Waals surface area contributed by atoms with Crippen LogP contribution in [0.25, 0.3) is 0 Å². The molecule has 94 valence electrons. The number of Topliss-reactive ketones (excluding diaryl/α,β-unsaturated/α-hetero) is 1. The minimum atomic E-state index is -0.0308. The van der Waals surface area contributed by atoms with Crippen LogP contribution in [-0.4, -0.2) is 45.9 Å². The van der Waals surface area contributed by atoms with Crippen LogP contribution in [0.5, 0.6) is 0 Å². The molecule has 0 N–H and O–H groups in total. The first-order valence-corrected chi connectivity index (χ1v) is 5.87. The Morgan fingerprint density at radius 3 is 2.12 bits per heavy atom. The molecule has 1 fully saturated rings. The molecule has 0 aromatic rings. The van der Waals surface area contributed by atoms with E-state index in [1.165, 1.54) is 0 Å². The minimum absolute atomic E-state index is 0.0308. The SMILES string of the molecule is COCCOCCOCCC1(C(C)=O)CC1. The molecule has 4 nitrogen and oxygen atoms in total. The second kappa shape index (κ2) is 6.99. The van der Waals surface area contributed by atoms with Crippen LogP contribution < -0.4 is 0 Å². The molecule has 0 aliphatic heterocycles. The van der Waals surface area contributed by atoms with Crippen LogP contribution in [-0.2, 0) is 19.0 Å². The summed E-state index contributed by atoms with van der Waals surface area (Å²) >= 11 is 0. The lowest BCUT2D eigenvalue weighted by Gasteiger charge is -2.11. The maximum absolute atomic E-state index is 11.3. The van der Waals surface area contributed by atoms with Crippen molar-refractivity contribution >= 4 is 5.78 Å². The molecule has 0 amide bonds. The smallest absolute Gasteiger partial charge is 0.136 e. The molecular weight excluding hydrogens is 208 g/mol. The van der Waals surface area contributed by atoms with Gasteiger partial charge in [-0.3, -0.25) is 4.79 Å². The van der Waals surface area contributed by atoms with Crippen LogP contribution >= 0.6 is 0 Å². The Balaban J connectivity index is 1.87. The molecule has 0 atom stereocenters. The van der Waals surface area contributed by atoms with Gasteiger partial charge in [-0.2, -0.15) is 0 Å². The van der Waals surface area contributed by atoms with Crippen molar-refractivity contribution in [3.05, 3.63) is 0 Å². The van der Waals surface area contributed by atoms with Crippen LogP contribution in [0, 0.1) is 5.41 Å². The Morgan fingerprint density at radius 1 is 1.06 bits per heavy atom. The molecule has 0 bridgehead atoms. The van der Waals surface area contributed by atoms with E-state index in [2.05, 4.69) is 0 Å². The highest BCUT2D eigenvalue weighted by molar-refractivity contribution is 5.84. The number of rotatable bonds is 10. The Bertz CT molecular complexity index is 211. The van der Waals surface area contributed by atoms with Gasteiger partial charge in [0, 0.05) is 19.1 Å². The summed E-state index contributed by atoms with van der Waals surface area (Å²) in [5.74, 6) is 0.312. The van der Waals surface area contributed by atoms with E-state index in [9.17, 15) is 4.79 Å². The summed E-state index contributed by atoms with van der Waals surface area (Å²) in [6.45, 7) is 4.76. The molecule has 0 aromatic carbocycles. The number of ketones is 1. The number of ether oxygens (including phenoxy) is 3. The molecule has 1 rings (SSSR count). The summed E-state index contributed by atoms with van der Waals surface area (Å²) in [6.07, 6.45) is 2.94. The highest BCUT2D eigenvalue weighted by Gasteiger charge is 2.46. The summed E-state index contributed by atoms with van der Waals surface area (Å²) in [4.78, 5) is 11.3. The molecule has 0 unspecified atom stereocenters. The minimum Gasteiger partial charge on any atom is -0.382 e. The van der Waals surface area contributed by atoms with Crippen LogP contribution in [0.2, 0.25) is 0 Å². The largest absolute Gasteiger partial charge is 0.382 e. The molecule has 16 heavy (non-hydrogen) atoms. The fourth-order valence-electron chi connectivity index (χ4n) is 1.66. The first-order valence-electron chi connectivity index (χ1n) is 5.87. The standard InChI is InChI=1S/C12H22O4/c1-11(13)12(3-4-12)5-6-15-9-10-16-8-7-14-2/h3-10H2,1-2H3. The number of hydrogen-bond acceptors (Lipinski definition) is 4. The topological polar surface area (TPSA) is 44.8 Å². The predicted molar refractivity (Wildman–Crippen MR) is 60.5 cm³/mol. The van der Waals surface area contributed by atoms with Gasteiger partial charge < -0.3 is 14.2 Å². The van der Waals surface area contributed by atoms with Gasteiger partial charge in [-0.25, -0.2) is 0 Å². The van der Waals surface area contributed by atoms with Crippen LogP contribution in [0.4, 0.5) is 0 Å². The number of methoxy groups -OCH3 is 1. The molecular formula is C12H22O4. The highest BCUT2D eigenvalue weighted by Crippen LogP contribution is 2.49. The lowest BCUT2D eigenvalue weighted by Crippen LogP contribution is -2.16. The monoisotopic (exact) mass is 230 g/mol. The van der Waals surface area contributed by atoms with Crippen LogP contribution in [0.1, 0.15) is 26.2 Å². The fourth-order valence-corrected chi connectivity index (χ4v) is 1.66. The quantitative estimate of drug-likeness (QED) is 0.532. The first-order chi connectivity index (χ1) is 7.71. The summed E-state index contributed by atoms with van der Waals surface area (Å²) in [5.41, 5.74) is -0.0308. The Morgan fingerprint density at radius 2 is 1.62 bits per heavy atom.